The fourth-order valence-electron chi connectivity index (χ4n) is 1.58. The van der Waals surface area contributed by atoms with E-state index in [2.05, 4.69) is 19.9 Å². The molecule has 0 fully saturated rings. The van der Waals surface area contributed by atoms with E-state index < -0.39 is 10.0 Å². The molecule has 0 aliphatic carbocycles. The Morgan fingerprint density at radius 2 is 2.20 bits per heavy atom. The molecular weight excluding hydrogens is 282 g/mol. The van der Waals surface area contributed by atoms with Crippen LogP contribution in [0, 0.1) is 0 Å². The maximum Gasteiger partial charge on any atom is 0.258 e. The molecule has 0 bridgehead atoms. The van der Waals surface area contributed by atoms with Crippen LogP contribution in [-0.4, -0.2) is 33.3 Å². The summed E-state index contributed by atoms with van der Waals surface area (Å²) in [5.74, 6) is 0.531. The first-order valence-corrected chi connectivity index (χ1v) is 7.47. The molecule has 108 valence electrons. The van der Waals surface area contributed by atoms with E-state index in [0.29, 0.717) is 17.9 Å². The molecule has 2 aromatic heterocycles. The summed E-state index contributed by atoms with van der Waals surface area (Å²) in [5.41, 5.74) is 0.551. The van der Waals surface area contributed by atoms with Gasteiger partial charge in [-0.3, -0.25) is 0 Å². The van der Waals surface area contributed by atoms with Crippen molar-refractivity contribution in [2.75, 3.05) is 0 Å². The topological polar surface area (TPSA) is 110 Å². The van der Waals surface area contributed by atoms with Crippen molar-refractivity contribution in [3.05, 3.63) is 36.0 Å². The molecular formula is C11H15N5O3S. The third-order valence-corrected chi connectivity index (χ3v) is 4.03. The van der Waals surface area contributed by atoms with Crippen LogP contribution in [0.15, 0.2) is 29.7 Å². The van der Waals surface area contributed by atoms with Crippen LogP contribution >= 0.6 is 0 Å². The summed E-state index contributed by atoms with van der Waals surface area (Å²) in [5, 5.41) is 16.4. The lowest BCUT2D eigenvalue weighted by atomic mass is 10.3. The second-order valence-electron chi connectivity index (χ2n) is 4.02. The maximum atomic E-state index is 12.0. The number of sulfonamides is 1. The first-order valence-electron chi connectivity index (χ1n) is 5.99. The van der Waals surface area contributed by atoms with Gasteiger partial charge >= 0.3 is 0 Å². The Kier molecular flexibility index (Phi) is 4.42. The molecule has 0 radical (unpaired) electrons. The van der Waals surface area contributed by atoms with Crippen molar-refractivity contribution in [1.82, 2.24) is 24.5 Å². The Balaban J connectivity index is 2.10. The Morgan fingerprint density at radius 1 is 1.40 bits per heavy atom. The lowest BCUT2D eigenvalue weighted by molar-refractivity contribution is 0.281. The molecule has 0 atom stereocenters. The van der Waals surface area contributed by atoms with Crippen LogP contribution in [0.4, 0.5) is 0 Å². The number of nitrogens with zero attached hydrogens (tertiary/aromatic N) is 4. The lowest BCUT2D eigenvalue weighted by Crippen LogP contribution is -2.25. The van der Waals surface area contributed by atoms with Crippen LogP contribution in [0.2, 0.25) is 0 Å². The van der Waals surface area contributed by atoms with Gasteiger partial charge in [0, 0.05) is 12.7 Å². The third-order valence-electron chi connectivity index (χ3n) is 2.71. The van der Waals surface area contributed by atoms with Crippen molar-refractivity contribution in [3.63, 3.8) is 0 Å². The first kappa shape index (κ1) is 14.6. The summed E-state index contributed by atoms with van der Waals surface area (Å²) in [6.45, 7) is 2.43. The van der Waals surface area contributed by atoms with Crippen molar-refractivity contribution in [2.45, 2.75) is 31.6 Å². The van der Waals surface area contributed by atoms with Gasteiger partial charge in [-0.1, -0.05) is 6.07 Å². The SMILES string of the molecule is CCn1cnnc1CNS(=O)(=O)c1ccc(CO)cn1. The molecule has 2 rings (SSSR count). The number of aliphatic hydroxyl groups is 1. The molecule has 0 spiro atoms. The summed E-state index contributed by atoms with van der Waals surface area (Å²) < 4.78 is 28.2. The average Bonchev–Trinajstić information content (AvgIpc) is 2.93. The first-order chi connectivity index (χ1) is 9.56. The quantitative estimate of drug-likeness (QED) is 0.755. The van der Waals surface area contributed by atoms with E-state index in [4.69, 9.17) is 5.11 Å². The largest absolute Gasteiger partial charge is 0.392 e. The van der Waals surface area contributed by atoms with E-state index in [1.54, 1.807) is 4.57 Å². The summed E-state index contributed by atoms with van der Waals surface area (Å²) in [4.78, 5) is 3.81. The van der Waals surface area contributed by atoms with Gasteiger partial charge in [-0.15, -0.1) is 10.2 Å². The van der Waals surface area contributed by atoms with Gasteiger partial charge in [0.25, 0.3) is 10.0 Å². The molecule has 0 aliphatic heterocycles. The molecule has 8 nitrogen and oxygen atoms in total. The van der Waals surface area contributed by atoms with Crippen molar-refractivity contribution in [2.24, 2.45) is 0 Å². The standard InChI is InChI=1S/C11H15N5O3S/c1-2-16-8-13-15-10(16)6-14-20(18,19)11-4-3-9(7-17)5-12-11/h3-5,8,14,17H,2,6-7H2,1H3. The van der Waals surface area contributed by atoms with Crippen molar-refractivity contribution in [3.8, 4) is 0 Å². The molecule has 2 aromatic rings. The second kappa shape index (κ2) is 6.07. The minimum absolute atomic E-state index is 0.0413. The predicted octanol–water partition coefficient (Wildman–Crippen LogP) is -0.336. The maximum absolute atomic E-state index is 12.0. The zero-order valence-corrected chi connectivity index (χ0v) is 11.7. The Bertz CT molecular complexity index is 666. The van der Waals surface area contributed by atoms with Crippen molar-refractivity contribution in [1.29, 1.82) is 0 Å². The molecule has 2 heterocycles. The van der Waals surface area contributed by atoms with E-state index in [9.17, 15) is 8.42 Å². The minimum Gasteiger partial charge on any atom is -0.392 e. The summed E-state index contributed by atoms with van der Waals surface area (Å²) in [6.07, 6.45) is 2.86. The number of aromatic nitrogens is 4. The fraction of sp³-hybridized carbons (Fsp3) is 0.364. The molecule has 0 saturated carbocycles. The monoisotopic (exact) mass is 297 g/mol. The number of aliphatic hydroxyl groups excluding tert-OH is 1. The molecule has 0 unspecified atom stereocenters. The van der Waals surface area contributed by atoms with Crippen molar-refractivity contribution < 1.29 is 13.5 Å². The van der Waals surface area contributed by atoms with Gasteiger partial charge in [-0.2, -0.15) is 0 Å². The lowest BCUT2D eigenvalue weighted by Gasteiger charge is -2.07. The smallest absolute Gasteiger partial charge is 0.258 e. The number of hydrogen-bond acceptors (Lipinski definition) is 6. The van der Waals surface area contributed by atoms with Crippen LogP contribution in [0.25, 0.3) is 0 Å². The zero-order valence-electron chi connectivity index (χ0n) is 10.9. The second-order valence-corrected chi connectivity index (χ2v) is 5.73. The molecule has 0 saturated heterocycles. The van der Waals surface area contributed by atoms with Gasteiger partial charge in [-0.05, 0) is 18.6 Å². The zero-order chi connectivity index (χ0) is 14.6. The predicted molar refractivity (Wildman–Crippen MR) is 69.9 cm³/mol. The summed E-state index contributed by atoms with van der Waals surface area (Å²) >= 11 is 0. The van der Waals surface area contributed by atoms with Crippen molar-refractivity contribution >= 4 is 10.0 Å². The number of rotatable bonds is 6. The highest BCUT2D eigenvalue weighted by atomic mass is 32.2. The Labute approximate surface area is 116 Å². The van der Waals surface area contributed by atoms with Crippen LogP contribution in [-0.2, 0) is 29.7 Å². The number of nitrogens with one attached hydrogen (secondary N) is 1. The molecule has 0 aliphatic rings. The van der Waals surface area contributed by atoms with Crippen LogP contribution in [0.3, 0.4) is 0 Å². The molecule has 9 heteroatoms. The van der Waals surface area contributed by atoms with Crippen LogP contribution < -0.4 is 4.72 Å². The molecule has 0 amide bonds. The summed E-state index contributed by atoms with van der Waals surface area (Å²) in [6, 6.07) is 2.86. The van der Waals surface area contributed by atoms with E-state index in [1.165, 1.54) is 24.7 Å². The fourth-order valence-corrected chi connectivity index (χ4v) is 2.48. The minimum atomic E-state index is -3.71. The van der Waals surface area contributed by atoms with Gasteiger partial charge in [0.2, 0.25) is 0 Å². The van der Waals surface area contributed by atoms with Crippen LogP contribution in [0.1, 0.15) is 18.3 Å². The highest BCUT2D eigenvalue weighted by molar-refractivity contribution is 7.89. The van der Waals surface area contributed by atoms with Gasteiger partial charge in [0.05, 0.1) is 13.2 Å². The molecule has 0 aromatic carbocycles. The number of aryl methyl sites for hydroxylation is 1. The number of pyridine rings is 1. The highest BCUT2D eigenvalue weighted by Gasteiger charge is 2.16. The van der Waals surface area contributed by atoms with Gasteiger partial charge in [0.1, 0.15) is 12.2 Å². The highest BCUT2D eigenvalue weighted by Crippen LogP contribution is 2.07. The van der Waals surface area contributed by atoms with E-state index >= 15 is 0 Å². The average molecular weight is 297 g/mol. The van der Waals surface area contributed by atoms with E-state index in [0.717, 1.165) is 0 Å². The van der Waals surface area contributed by atoms with E-state index in [-0.39, 0.29) is 18.2 Å². The molecule has 20 heavy (non-hydrogen) atoms. The Morgan fingerprint density at radius 3 is 2.80 bits per heavy atom. The van der Waals surface area contributed by atoms with E-state index in [1.807, 2.05) is 6.92 Å². The van der Waals surface area contributed by atoms with Crippen LogP contribution in [0.5, 0.6) is 0 Å². The third kappa shape index (κ3) is 3.18. The normalized spacial score (nSPS) is 11.7. The molecule has 2 N–H and O–H groups in total. The van der Waals surface area contributed by atoms with Gasteiger partial charge < -0.3 is 9.67 Å². The number of hydrogen-bond donors (Lipinski definition) is 2. The van der Waals surface area contributed by atoms with Gasteiger partial charge in [0.15, 0.2) is 5.03 Å². The van der Waals surface area contributed by atoms with Gasteiger partial charge in [-0.25, -0.2) is 18.1 Å². The summed E-state index contributed by atoms with van der Waals surface area (Å²) in [7, 11) is -3.71. The Hall–Kier alpha value is -1.84.